The van der Waals surface area contributed by atoms with E-state index in [2.05, 4.69) is 15.3 Å². The molecule has 0 saturated heterocycles. The number of nitrogens with two attached hydrogens (primary N) is 1. The second kappa shape index (κ2) is 5.72. The molecule has 2 amide bonds. The Balaban J connectivity index is 1.98. The highest BCUT2D eigenvalue weighted by atomic mass is 16.2. The van der Waals surface area contributed by atoms with Crippen LogP contribution in [0.1, 0.15) is 26.4 Å². The summed E-state index contributed by atoms with van der Waals surface area (Å²) in [4.78, 5) is 30.4. The molecule has 0 aromatic carbocycles. The quantitative estimate of drug-likeness (QED) is 0.832. The lowest BCUT2D eigenvalue weighted by atomic mass is 10.2. The summed E-state index contributed by atoms with van der Waals surface area (Å²) in [5.41, 5.74) is 6.46. The van der Waals surface area contributed by atoms with Crippen molar-refractivity contribution in [3.05, 3.63) is 59.7 Å². The number of hydrogen-bond donors (Lipinski definition) is 2. The van der Waals surface area contributed by atoms with E-state index >= 15 is 0 Å². The molecule has 6 heteroatoms. The Hall–Kier alpha value is -2.76. The number of rotatable bonds is 4. The summed E-state index contributed by atoms with van der Waals surface area (Å²) in [7, 11) is 0. The number of hydrogen-bond acceptors (Lipinski definition) is 4. The first-order valence-electron chi connectivity index (χ1n) is 5.60. The molecule has 6 nitrogen and oxygen atoms in total. The molecule has 0 fully saturated rings. The fourth-order valence-electron chi connectivity index (χ4n) is 1.46. The Bertz CT molecular complexity index is 581. The molecule has 0 unspecified atom stereocenters. The van der Waals surface area contributed by atoms with Gasteiger partial charge in [0.15, 0.2) is 0 Å². The number of carbonyl (C=O) groups is 2. The summed E-state index contributed by atoms with van der Waals surface area (Å²) in [6.07, 6.45) is 4.66. The van der Waals surface area contributed by atoms with Crippen LogP contribution in [-0.4, -0.2) is 21.8 Å². The van der Waals surface area contributed by atoms with Crippen molar-refractivity contribution in [1.29, 1.82) is 0 Å². The zero-order valence-corrected chi connectivity index (χ0v) is 10.0. The maximum atomic E-state index is 11.8. The van der Waals surface area contributed by atoms with Gasteiger partial charge in [-0.2, -0.15) is 0 Å². The standard InChI is InChI=1S/C13H12N4O2/c14-12(18)11-4-3-10(8-16-11)13(19)17-7-9-2-1-5-15-6-9/h1-6,8H,7H2,(H2,14,18)(H,17,19). The molecule has 2 heterocycles. The summed E-state index contributed by atoms with van der Waals surface area (Å²) in [6, 6.07) is 6.58. The lowest BCUT2D eigenvalue weighted by Crippen LogP contribution is -2.23. The summed E-state index contributed by atoms with van der Waals surface area (Å²) < 4.78 is 0. The molecule has 0 aliphatic carbocycles. The fourth-order valence-corrected chi connectivity index (χ4v) is 1.46. The Kier molecular flexibility index (Phi) is 3.82. The van der Waals surface area contributed by atoms with Gasteiger partial charge in [-0.25, -0.2) is 0 Å². The van der Waals surface area contributed by atoms with E-state index in [0.717, 1.165) is 5.56 Å². The smallest absolute Gasteiger partial charge is 0.267 e. The van der Waals surface area contributed by atoms with Gasteiger partial charge in [-0.05, 0) is 23.8 Å². The number of primary amides is 1. The highest BCUT2D eigenvalue weighted by Crippen LogP contribution is 2.01. The second-order valence-corrected chi connectivity index (χ2v) is 3.84. The van der Waals surface area contributed by atoms with E-state index in [1.165, 1.54) is 18.3 Å². The minimum Gasteiger partial charge on any atom is -0.364 e. The molecule has 0 atom stereocenters. The van der Waals surface area contributed by atoms with E-state index in [4.69, 9.17) is 5.73 Å². The first-order valence-corrected chi connectivity index (χ1v) is 5.60. The highest BCUT2D eigenvalue weighted by Gasteiger charge is 2.07. The number of nitrogens with zero attached hydrogens (tertiary/aromatic N) is 2. The molecule has 2 rings (SSSR count). The molecule has 19 heavy (non-hydrogen) atoms. The molecule has 0 aliphatic heterocycles. The first-order chi connectivity index (χ1) is 9.16. The maximum Gasteiger partial charge on any atom is 0.267 e. The van der Waals surface area contributed by atoms with E-state index in [1.54, 1.807) is 18.5 Å². The van der Waals surface area contributed by atoms with E-state index < -0.39 is 5.91 Å². The lowest BCUT2D eigenvalue weighted by molar-refractivity contribution is 0.0947. The van der Waals surface area contributed by atoms with Crippen LogP contribution in [0.25, 0.3) is 0 Å². The van der Waals surface area contributed by atoms with Crippen molar-refractivity contribution in [1.82, 2.24) is 15.3 Å². The Labute approximate surface area is 109 Å². The number of pyridine rings is 2. The Morgan fingerprint density at radius 2 is 2.05 bits per heavy atom. The number of amides is 2. The van der Waals surface area contributed by atoms with Crippen LogP contribution in [-0.2, 0) is 6.54 Å². The van der Waals surface area contributed by atoms with Gasteiger partial charge in [0, 0.05) is 25.1 Å². The van der Waals surface area contributed by atoms with Crippen molar-refractivity contribution < 1.29 is 9.59 Å². The van der Waals surface area contributed by atoms with Crippen LogP contribution in [0, 0.1) is 0 Å². The third kappa shape index (κ3) is 3.35. The molecule has 3 N–H and O–H groups in total. The third-order valence-corrected chi connectivity index (χ3v) is 2.45. The van der Waals surface area contributed by atoms with Crippen molar-refractivity contribution in [2.24, 2.45) is 5.73 Å². The van der Waals surface area contributed by atoms with Crippen molar-refractivity contribution in [2.75, 3.05) is 0 Å². The van der Waals surface area contributed by atoms with Crippen LogP contribution in [0.3, 0.4) is 0 Å². The fraction of sp³-hybridized carbons (Fsp3) is 0.0769. The number of carbonyl (C=O) groups excluding carboxylic acids is 2. The predicted octanol–water partition coefficient (Wildman–Crippen LogP) is 0.505. The summed E-state index contributed by atoms with van der Waals surface area (Å²) >= 11 is 0. The van der Waals surface area contributed by atoms with Crippen LogP contribution in [0.4, 0.5) is 0 Å². The minimum atomic E-state index is -0.623. The van der Waals surface area contributed by atoms with Crippen LogP contribution < -0.4 is 11.1 Å². The van der Waals surface area contributed by atoms with Gasteiger partial charge >= 0.3 is 0 Å². The van der Waals surface area contributed by atoms with Crippen molar-refractivity contribution >= 4 is 11.8 Å². The Morgan fingerprint density at radius 1 is 1.21 bits per heavy atom. The summed E-state index contributed by atoms with van der Waals surface area (Å²) in [5, 5.41) is 2.73. The zero-order chi connectivity index (χ0) is 13.7. The van der Waals surface area contributed by atoms with Gasteiger partial charge < -0.3 is 11.1 Å². The second-order valence-electron chi connectivity index (χ2n) is 3.84. The molecule has 0 saturated carbocycles. The van der Waals surface area contributed by atoms with Gasteiger partial charge in [0.05, 0.1) is 5.56 Å². The largest absolute Gasteiger partial charge is 0.364 e. The molecule has 2 aromatic rings. The van der Waals surface area contributed by atoms with Gasteiger partial charge in [0.1, 0.15) is 5.69 Å². The molecular weight excluding hydrogens is 244 g/mol. The Morgan fingerprint density at radius 3 is 2.63 bits per heavy atom. The molecule has 0 spiro atoms. The van der Waals surface area contributed by atoms with Gasteiger partial charge in [-0.1, -0.05) is 6.07 Å². The molecule has 0 radical (unpaired) electrons. The van der Waals surface area contributed by atoms with E-state index in [1.807, 2.05) is 6.07 Å². The van der Waals surface area contributed by atoms with E-state index in [-0.39, 0.29) is 11.6 Å². The number of aromatic nitrogens is 2. The number of nitrogens with one attached hydrogen (secondary N) is 1. The molecule has 0 bridgehead atoms. The van der Waals surface area contributed by atoms with Crippen LogP contribution in [0.15, 0.2) is 42.9 Å². The topological polar surface area (TPSA) is 98.0 Å². The van der Waals surface area contributed by atoms with Gasteiger partial charge in [-0.15, -0.1) is 0 Å². The van der Waals surface area contributed by atoms with Crippen molar-refractivity contribution in [3.63, 3.8) is 0 Å². The van der Waals surface area contributed by atoms with Crippen LogP contribution >= 0.6 is 0 Å². The molecule has 2 aromatic heterocycles. The van der Waals surface area contributed by atoms with Crippen molar-refractivity contribution in [2.45, 2.75) is 6.54 Å². The van der Waals surface area contributed by atoms with Gasteiger partial charge in [-0.3, -0.25) is 19.6 Å². The average molecular weight is 256 g/mol. The summed E-state index contributed by atoms with van der Waals surface area (Å²) in [5.74, 6) is -0.894. The van der Waals surface area contributed by atoms with E-state index in [9.17, 15) is 9.59 Å². The monoisotopic (exact) mass is 256 g/mol. The molecular formula is C13H12N4O2. The van der Waals surface area contributed by atoms with Gasteiger partial charge in [0.2, 0.25) is 0 Å². The van der Waals surface area contributed by atoms with Crippen LogP contribution in [0.2, 0.25) is 0 Å². The summed E-state index contributed by atoms with van der Waals surface area (Å²) in [6.45, 7) is 0.379. The molecule has 96 valence electrons. The minimum absolute atomic E-state index is 0.129. The normalized spacial score (nSPS) is 9.89. The SMILES string of the molecule is NC(=O)c1ccc(C(=O)NCc2cccnc2)cn1. The lowest BCUT2D eigenvalue weighted by Gasteiger charge is -2.05. The highest BCUT2D eigenvalue weighted by molar-refractivity contribution is 5.95. The van der Waals surface area contributed by atoms with Crippen molar-refractivity contribution in [3.8, 4) is 0 Å². The first kappa shape index (κ1) is 12.7. The predicted molar refractivity (Wildman–Crippen MR) is 68.2 cm³/mol. The molecule has 0 aliphatic rings. The zero-order valence-electron chi connectivity index (χ0n) is 10.0. The third-order valence-electron chi connectivity index (χ3n) is 2.45. The maximum absolute atomic E-state index is 11.8. The van der Waals surface area contributed by atoms with Gasteiger partial charge in [0.25, 0.3) is 11.8 Å². The average Bonchev–Trinajstić information content (AvgIpc) is 2.46. The van der Waals surface area contributed by atoms with E-state index in [0.29, 0.717) is 12.1 Å². The van der Waals surface area contributed by atoms with Crippen LogP contribution in [0.5, 0.6) is 0 Å².